The number of nitrogens with two attached hydrogens (primary N) is 1. The number of alkyl halides is 2. The molecule has 0 aromatic heterocycles. The summed E-state index contributed by atoms with van der Waals surface area (Å²) in [7, 11) is 0. The minimum absolute atomic E-state index is 0.245. The van der Waals surface area contributed by atoms with E-state index >= 15 is 0 Å². The second kappa shape index (κ2) is 7.19. The molecule has 0 unspecified atom stereocenters. The summed E-state index contributed by atoms with van der Waals surface area (Å²) in [5.74, 6) is -3.38. The Kier molecular flexibility index (Phi) is 5.89. The van der Waals surface area contributed by atoms with Gasteiger partial charge in [0, 0.05) is 6.42 Å². The molecule has 0 aliphatic carbocycles. The summed E-state index contributed by atoms with van der Waals surface area (Å²) < 4.78 is 25.6. The molecule has 0 aliphatic heterocycles. The second-order valence-electron chi connectivity index (χ2n) is 4.68. The van der Waals surface area contributed by atoms with Gasteiger partial charge in [-0.05, 0) is 25.3 Å². The SMILES string of the molecule is Cc1ccc(CCCC(=O)NCC(F)(F)CN)cc1. The number of nitrogens with one attached hydrogen (secondary N) is 1. The zero-order valence-electron chi connectivity index (χ0n) is 11.1. The fourth-order valence-electron chi connectivity index (χ4n) is 1.60. The van der Waals surface area contributed by atoms with E-state index < -0.39 is 19.0 Å². The van der Waals surface area contributed by atoms with Gasteiger partial charge in [0.05, 0.1) is 13.1 Å². The van der Waals surface area contributed by atoms with Gasteiger partial charge in [0.2, 0.25) is 5.91 Å². The predicted octanol–water partition coefficient (Wildman–Crippen LogP) is 2.03. The molecule has 0 atom stereocenters. The van der Waals surface area contributed by atoms with Crippen LogP contribution in [-0.4, -0.2) is 24.9 Å². The number of hydrogen-bond acceptors (Lipinski definition) is 2. The van der Waals surface area contributed by atoms with E-state index in [2.05, 4.69) is 5.32 Å². The Bertz CT molecular complexity index is 404. The van der Waals surface area contributed by atoms with Gasteiger partial charge >= 0.3 is 0 Å². The van der Waals surface area contributed by atoms with Gasteiger partial charge in [-0.2, -0.15) is 0 Å². The van der Waals surface area contributed by atoms with Crippen molar-refractivity contribution in [3.05, 3.63) is 35.4 Å². The predicted molar refractivity (Wildman–Crippen MR) is 71.1 cm³/mol. The summed E-state index contributed by atoms with van der Waals surface area (Å²) in [4.78, 5) is 11.4. The Morgan fingerprint density at radius 2 is 1.95 bits per heavy atom. The van der Waals surface area contributed by atoms with Crippen molar-refractivity contribution in [2.45, 2.75) is 32.1 Å². The molecule has 1 aromatic carbocycles. The summed E-state index contributed by atoms with van der Waals surface area (Å²) in [6.07, 6.45) is 1.65. The van der Waals surface area contributed by atoms with Crippen LogP contribution in [-0.2, 0) is 11.2 Å². The van der Waals surface area contributed by atoms with Crippen LogP contribution in [0.5, 0.6) is 0 Å². The van der Waals surface area contributed by atoms with E-state index in [1.807, 2.05) is 31.2 Å². The average Bonchev–Trinajstić information content (AvgIpc) is 2.39. The summed E-state index contributed by atoms with van der Waals surface area (Å²) in [5, 5.41) is 2.20. The van der Waals surface area contributed by atoms with Gasteiger partial charge < -0.3 is 11.1 Å². The van der Waals surface area contributed by atoms with Crippen LogP contribution in [0.3, 0.4) is 0 Å². The standard InChI is InChI=1S/C14H20F2N2O/c1-11-5-7-12(8-6-11)3-2-4-13(19)18-10-14(15,16)9-17/h5-8H,2-4,9-10,17H2,1H3,(H,18,19). The largest absolute Gasteiger partial charge is 0.350 e. The molecule has 0 fully saturated rings. The fourth-order valence-corrected chi connectivity index (χ4v) is 1.60. The van der Waals surface area contributed by atoms with Gasteiger partial charge in [-0.15, -0.1) is 0 Å². The van der Waals surface area contributed by atoms with E-state index in [0.717, 1.165) is 12.0 Å². The van der Waals surface area contributed by atoms with Crippen LogP contribution in [0.1, 0.15) is 24.0 Å². The number of carbonyl (C=O) groups excluding carboxylic acids is 1. The third-order valence-electron chi connectivity index (χ3n) is 2.83. The van der Waals surface area contributed by atoms with E-state index in [1.54, 1.807) is 0 Å². The molecular formula is C14H20F2N2O. The van der Waals surface area contributed by atoms with Crippen LogP contribution in [0, 0.1) is 6.92 Å². The minimum atomic E-state index is -3.02. The Labute approximate surface area is 112 Å². The molecule has 1 rings (SSSR count). The molecule has 0 spiro atoms. The van der Waals surface area contributed by atoms with Crippen molar-refractivity contribution >= 4 is 5.91 Å². The third kappa shape index (κ3) is 6.29. The van der Waals surface area contributed by atoms with Crippen molar-refractivity contribution in [2.24, 2.45) is 5.73 Å². The van der Waals surface area contributed by atoms with Gasteiger partial charge in [-0.3, -0.25) is 4.79 Å². The molecule has 0 saturated heterocycles. The van der Waals surface area contributed by atoms with Crippen LogP contribution >= 0.6 is 0 Å². The Hall–Kier alpha value is -1.49. The van der Waals surface area contributed by atoms with Gasteiger partial charge in [0.1, 0.15) is 0 Å². The monoisotopic (exact) mass is 270 g/mol. The zero-order chi connectivity index (χ0) is 14.3. The highest BCUT2D eigenvalue weighted by molar-refractivity contribution is 5.75. The highest BCUT2D eigenvalue weighted by atomic mass is 19.3. The maximum absolute atomic E-state index is 12.8. The molecule has 19 heavy (non-hydrogen) atoms. The number of amides is 1. The van der Waals surface area contributed by atoms with Crippen molar-refractivity contribution in [2.75, 3.05) is 13.1 Å². The van der Waals surface area contributed by atoms with E-state index in [1.165, 1.54) is 5.56 Å². The Balaban J connectivity index is 2.22. The number of carbonyl (C=O) groups is 1. The molecule has 106 valence electrons. The van der Waals surface area contributed by atoms with Crippen LogP contribution in [0.15, 0.2) is 24.3 Å². The Morgan fingerprint density at radius 1 is 1.32 bits per heavy atom. The first kappa shape index (κ1) is 15.6. The molecule has 0 aliphatic rings. The van der Waals surface area contributed by atoms with E-state index in [-0.39, 0.29) is 12.3 Å². The lowest BCUT2D eigenvalue weighted by atomic mass is 10.1. The van der Waals surface area contributed by atoms with Crippen molar-refractivity contribution in [1.82, 2.24) is 5.32 Å². The molecule has 1 aromatic rings. The number of halogens is 2. The topological polar surface area (TPSA) is 55.1 Å². The van der Waals surface area contributed by atoms with Crippen molar-refractivity contribution in [3.63, 3.8) is 0 Å². The molecule has 1 amide bonds. The number of aryl methyl sites for hydroxylation is 2. The van der Waals surface area contributed by atoms with E-state index in [9.17, 15) is 13.6 Å². The Morgan fingerprint density at radius 3 is 2.53 bits per heavy atom. The smallest absolute Gasteiger partial charge is 0.277 e. The van der Waals surface area contributed by atoms with Crippen LogP contribution < -0.4 is 11.1 Å². The van der Waals surface area contributed by atoms with Crippen LogP contribution in [0.25, 0.3) is 0 Å². The number of rotatable bonds is 7. The first-order valence-electron chi connectivity index (χ1n) is 6.33. The highest BCUT2D eigenvalue weighted by Gasteiger charge is 2.26. The normalized spacial score (nSPS) is 11.4. The van der Waals surface area contributed by atoms with E-state index in [4.69, 9.17) is 5.73 Å². The zero-order valence-corrected chi connectivity index (χ0v) is 11.1. The van der Waals surface area contributed by atoms with Crippen molar-refractivity contribution in [3.8, 4) is 0 Å². The van der Waals surface area contributed by atoms with Gasteiger partial charge in [0.15, 0.2) is 0 Å². The third-order valence-corrected chi connectivity index (χ3v) is 2.83. The quantitative estimate of drug-likeness (QED) is 0.796. The average molecular weight is 270 g/mol. The molecule has 3 N–H and O–H groups in total. The van der Waals surface area contributed by atoms with Crippen molar-refractivity contribution < 1.29 is 13.6 Å². The first-order valence-corrected chi connectivity index (χ1v) is 6.33. The molecule has 0 saturated carbocycles. The molecular weight excluding hydrogens is 250 g/mol. The first-order chi connectivity index (χ1) is 8.93. The van der Waals surface area contributed by atoms with Gasteiger partial charge in [-0.1, -0.05) is 29.8 Å². The molecule has 5 heteroatoms. The van der Waals surface area contributed by atoms with Crippen molar-refractivity contribution in [1.29, 1.82) is 0 Å². The van der Waals surface area contributed by atoms with E-state index in [0.29, 0.717) is 6.42 Å². The lowest BCUT2D eigenvalue weighted by molar-refractivity contribution is -0.122. The lowest BCUT2D eigenvalue weighted by Crippen LogP contribution is -2.41. The molecule has 3 nitrogen and oxygen atoms in total. The van der Waals surface area contributed by atoms with Gasteiger partial charge in [-0.25, -0.2) is 8.78 Å². The maximum atomic E-state index is 12.8. The fraction of sp³-hybridized carbons (Fsp3) is 0.500. The maximum Gasteiger partial charge on any atom is 0.277 e. The molecule has 0 bridgehead atoms. The summed E-state index contributed by atoms with van der Waals surface area (Å²) in [6.45, 7) is 0.568. The minimum Gasteiger partial charge on any atom is -0.350 e. The van der Waals surface area contributed by atoms with Crippen LogP contribution in [0.4, 0.5) is 8.78 Å². The lowest BCUT2D eigenvalue weighted by Gasteiger charge is -2.14. The number of benzene rings is 1. The summed E-state index contributed by atoms with van der Waals surface area (Å²) >= 11 is 0. The summed E-state index contributed by atoms with van der Waals surface area (Å²) in [6, 6.07) is 8.04. The molecule has 0 radical (unpaired) electrons. The van der Waals surface area contributed by atoms with Gasteiger partial charge in [0.25, 0.3) is 5.92 Å². The summed E-state index contributed by atoms with van der Waals surface area (Å²) in [5.41, 5.74) is 7.21. The second-order valence-corrected chi connectivity index (χ2v) is 4.68. The van der Waals surface area contributed by atoms with Crippen LogP contribution in [0.2, 0.25) is 0 Å². The highest BCUT2D eigenvalue weighted by Crippen LogP contribution is 2.10. The number of hydrogen-bond donors (Lipinski definition) is 2. The molecule has 0 heterocycles.